The number of carbonyl (C=O) groups is 1. The van der Waals surface area contributed by atoms with Crippen LogP contribution in [0.2, 0.25) is 0 Å². The number of rotatable bonds is 1. The highest BCUT2D eigenvalue weighted by molar-refractivity contribution is 5.71. The Kier molecular flexibility index (Phi) is 2.19. The van der Waals surface area contributed by atoms with Crippen LogP contribution in [0, 0.1) is 5.41 Å². The molecule has 0 aromatic carbocycles. The first-order valence-corrected chi connectivity index (χ1v) is 4.59. The van der Waals surface area contributed by atoms with Gasteiger partial charge in [-0.15, -0.1) is 0 Å². The first kappa shape index (κ1) is 9.56. The van der Waals surface area contributed by atoms with Crippen molar-refractivity contribution in [2.45, 2.75) is 52.6 Å². The van der Waals surface area contributed by atoms with E-state index in [1.54, 1.807) is 0 Å². The monoisotopic (exact) mass is 170 g/mol. The summed E-state index contributed by atoms with van der Waals surface area (Å²) in [5.74, 6) is -0.0457. The third kappa shape index (κ3) is 1.99. The summed E-state index contributed by atoms with van der Waals surface area (Å²) in [4.78, 5) is 11.2. The van der Waals surface area contributed by atoms with Crippen LogP contribution in [0.5, 0.6) is 0 Å². The summed E-state index contributed by atoms with van der Waals surface area (Å²) in [5, 5.41) is 0. The molecule has 0 N–H and O–H groups in total. The van der Waals surface area contributed by atoms with Crippen LogP contribution in [0.25, 0.3) is 0 Å². The largest absolute Gasteiger partial charge is 0.459 e. The SMILES string of the molecule is CCC1(C)CC(C)(C)CC(=O)O1. The molecule has 0 amide bonds. The molecule has 70 valence electrons. The van der Waals surface area contributed by atoms with Gasteiger partial charge >= 0.3 is 5.97 Å². The van der Waals surface area contributed by atoms with E-state index in [9.17, 15) is 4.79 Å². The number of ether oxygens (including phenoxy) is 1. The molecule has 1 aliphatic heterocycles. The summed E-state index contributed by atoms with van der Waals surface area (Å²) in [6.45, 7) is 8.34. The minimum absolute atomic E-state index is 0.0457. The molecule has 2 nitrogen and oxygen atoms in total. The van der Waals surface area contributed by atoms with Gasteiger partial charge in [0.25, 0.3) is 0 Å². The normalized spacial score (nSPS) is 34.5. The molecule has 1 heterocycles. The molecule has 0 saturated carbocycles. The maximum atomic E-state index is 11.2. The van der Waals surface area contributed by atoms with Crippen LogP contribution < -0.4 is 0 Å². The number of hydrogen-bond acceptors (Lipinski definition) is 2. The zero-order valence-electron chi connectivity index (χ0n) is 8.44. The fraction of sp³-hybridized carbons (Fsp3) is 0.900. The molecule has 0 spiro atoms. The van der Waals surface area contributed by atoms with Gasteiger partial charge < -0.3 is 4.74 Å². The molecule has 2 heteroatoms. The van der Waals surface area contributed by atoms with Gasteiger partial charge in [0.15, 0.2) is 0 Å². The lowest BCUT2D eigenvalue weighted by Crippen LogP contribution is -2.42. The molecule has 0 aromatic rings. The second-order valence-corrected chi connectivity index (χ2v) is 4.80. The smallest absolute Gasteiger partial charge is 0.306 e. The third-order valence-electron chi connectivity index (χ3n) is 2.58. The minimum atomic E-state index is -0.223. The van der Waals surface area contributed by atoms with Gasteiger partial charge in [-0.1, -0.05) is 20.8 Å². The molecule has 0 aromatic heterocycles. The topological polar surface area (TPSA) is 26.3 Å². The first-order valence-electron chi connectivity index (χ1n) is 4.59. The van der Waals surface area contributed by atoms with E-state index in [0.29, 0.717) is 6.42 Å². The number of esters is 1. The predicted octanol–water partition coefficient (Wildman–Crippen LogP) is 2.52. The lowest BCUT2D eigenvalue weighted by atomic mass is 9.75. The van der Waals surface area contributed by atoms with E-state index in [4.69, 9.17) is 4.74 Å². The van der Waals surface area contributed by atoms with Gasteiger partial charge in [0.2, 0.25) is 0 Å². The highest BCUT2D eigenvalue weighted by Gasteiger charge is 2.40. The van der Waals surface area contributed by atoms with E-state index in [1.807, 2.05) is 6.92 Å². The molecule has 12 heavy (non-hydrogen) atoms. The Morgan fingerprint density at radius 3 is 2.42 bits per heavy atom. The van der Waals surface area contributed by atoms with Crippen LogP contribution in [-0.4, -0.2) is 11.6 Å². The fourth-order valence-corrected chi connectivity index (χ4v) is 2.01. The minimum Gasteiger partial charge on any atom is -0.459 e. The summed E-state index contributed by atoms with van der Waals surface area (Å²) in [6, 6.07) is 0. The predicted molar refractivity (Wildman–Crippen MR) is 47.8 cm³/mol. The Labute approximate surface area is 74.3 Å². The standard InChI is InChI=1S/C10H18O2/c1-5-10(4)7-9(2,3)6-8(11)12-10/h5-7H2,1-4H3. The van der Waals surface area contributed by atoms with Crippen molar-refractivity contribution >= 4 is 5.97 Å². The lowest BCUT2D eigenvalue weighted by Gasteiger charge is -2.41. The summed E-state index contributed by atoms with van der Waals surface area (Å²) in [7, 11) is 0. The van der Waals surface area contributed by atoms with Crippen LogP contribution in [0.4, 0.5) is 0 Å². The molecule has 0 bridgehead atoms. The summed E-state index contributed by atoms with van der Waals surface area (Å²) < 4.78 is 5.32. The molecule has 1 unspecified atom stereocenters. The summed E-state index contributed by atoms with van der Waals surface area (Å²) in [6.07, 6.45) is 2.44. The summed E-state index contributed by atoms with van der Waals surface area (Å²) in [5.41, 5.74) is -0.112. The second kappa shape index (κ2) is 2.75. The first-order chi connectivity index (χ1) is 5.37. The van der Waals surface area contributed by atoms with Crippen LogP contribution in [0.1, 0.15) is 47.0 Å². The van der Waals surface area contributed by atoms with E-state index < -0.39 is 0 Å². The van der Waals surface area contributed by atoms with E-state index >= 15 is 0 Å². The molecule has 1 atom stereocenters. The summed E-state index contributed by atoms with van der Waals surface area (Å²) >= 11 is 0. The molecule has 0 radical (unpaired) electrons. The number of hydrogen-bond donors (Lipinski definition) is 0. The van der Waals surface area contributed by atoms with Gasteiger partial charge in [-0.25, -0.2) is 0 Å². The fourth-order valence-electron chi connectivity index (χ4n) is 2.01. The lowest BCUT2D eigenvalue weighted by molar-refractivity contribution is -0.174. The number of carbonyl (C=O) groups excluding carboxylic acids is 1. The van der Waals surface area contributed by atoms with Crippen molar-refractivity contribution in [1.82, 2.24) is 0 Å². The Morgan fingerprint density at radius 1 is 1.42 bits per heavy atom. The Morgan fingerprint density at radius 2 is 2.00 bits per heavy atom. The molecular formula is C10H18O2. The second-order valence-electron chi connectivity index (χ2n) is 4.80. The van der Waals surface area contributed by atoms with Gasteiger partial charge in [0.05, 0.1) is 6.42 Å². The zero-order chi connectivity index (χ0) is 9.41. The van der Waals surface area contributed by atoms with E-state index in [0.717, 1.165) is 12.8 Å². The Balaban J connectivity index is 2.76. The Bertz CT molecular complexity index is 196. The van der Waals surface area contributed by atoms with Crippen LogP contribution in [0.3, 0.4) is 0 Å². The van der Waals surface area contributed by atoms with E-state index in [1.165, 1.54) is 0 Å². The van der Waals surface area contributed by atoms with Crippen molar-refractivity contribution in [3.05, 3.63) is 0 Å². The highest BCUT2D eigenvalue weighted by Crippen LogP contribution is 2.40. The molecule has 1 fully saturated rings. The number of cyclic esters (lactones) is 1. The van der Waals surface area contributed by atoms with Gasteiger partial charge in [-0.2, -0.15) is 0 Å². The molecular weight excluding hydrogens is 152 g/mol. The van der Waals surface area contributed by atoms with E-state index in [2.05, 4.69) is 20.8 Å². The molecule has 1 aliphatic rings. The van der Waals surface area contributed by atoms with Crippen LogP contribution in [-0.2, 0) is 9.53 Å². The van der Waals surface area contributed by atoms with Crippen molar-refractivity contribution in [2.24, 2.45) is 5.41 Å². The van der Waals surface area contributed by atoms with Crippen molar-refractivity contribution in [3.63, 3.8) is 0 Å². The van der Waals surface area contributed by atoms with Crippen molar-refractivity contribution in [3.8, 4) is 0 Å². The average molecular weight is 170 g/mol. The molecule has 0 aliphatic carbocycles. The van der Waals surface area contributed by atoms with Crippen molar-refractivity contribution < 1.29 is 9.53 Å². The maximum Gasteiger partial charge on any atom is 0.306 e. The van der Waals surface area contributed by atoms with Crippen molar-refractivity contribution in [1.29, 1.82) is 0 Å². The zero-order valence-corrected chi connectivity index (χ0v) is 8.44. The third-order valence-corrected chi connectivity index (χ3v) is 2.58. The highest BCUT2D eigenvalue weighted by atomic mass is 16.6. The van der Waals surface area contributed by atoms with Gasteiger partial charge in [-0.05, 0) is 25.2 Å². The van der Waals surface area contributed by atoms with E-state index in [-0.39, 0.29) is 17.0 Å². The molecule has 1 saturated heterocycles. The quantitative estimate of drug-likeness (QED) is 0.565. The average Bonchev–Trinajstić information content (AvgIpc) is 1.82. The van der Waals surface area contributed by atoms with Crippen LogP contribution in [0.15, 0.2) is 0 Å². The van der Waals surface area contributed by atoms with Gasteiger partial charge in [0, 0.05) is 0 Å². The maximum absolute atomic E-state index is 11.2. The van der Waals surface area contributed by atoms with Gasteiger partial charge in [-0.3, -0.25) is 4.79 Å². The van der Waals surface area contributed by atoms with Crippen LogP contribution >= 0.6 is 0 Å². The van der Waals surface area contributed by atoms with Gasteiger partial charge in [0.1, 0.15) is 5.60 Å². The Hall–Kier alpha value is -0.530. The molecule has 1 rings (SSSR count). The van der Waals surface area contributed by atoms with Crippen molar-refractivity contribution in [2.75, 3.05) is 0 Å².